The lowest BCUT2D eigenvalue weighted by Gasteiger charge is -2.43. The van der Waals surface area contributed by atoms with Crippen molar-refractivity contribution in [2.45, 2.75) is 25.4 Å². The molecule has 0 unspecified atom stereocenters. The first-order chi connectivity index (χ1) is 11.3. The molecule has 2 saturated heterocycles. The summed E-state index contributed by atoms with van der Waals surface area (Å²) >= 11 is 5.89. The molecule has 3 rings (SSSR count). The first kappa shape index (κ1) is 17.2. The van der Waals surface area contributed by atoms with Crippen LogP contribution in [0.15, 0.2) is 18.5 Å². The molecule has 24 heavy (non-hydrogen) atoms. The Morgan fingerprint density at radius 1 is 1.21 bits per heavy atom. The Bertz CT molecular complexity index is 783. The largest absolute Gasteiger partial charge is 0.335 e. The maximum Gasteiger partial charge on any atom is 0.255 e. The molecule has 0 radical (unpaired) electrons. The van der Waals surface area contributed by atoms with Crippen LogP contribution < -0.4 is 0 Å². The fraction of sp³-hybridized carbons (Fsp3) is 0.533. The molecule has 2 aliphatic rings. The number of hydrogen-bond acceptors (Lipinski definition) is 5. The van der Waals surface area contributed by atoms with E-state index in [9.17, 15) is 18.0 Å². The van der Waals surface area contributed by atoms with E-state index in [0.717, 1.165) is 0 Å². The first-order valence-electron chi connectivity index (χ1n) is 7.74. The Labute approximate surface area is 145 Å². The predicted octanol–water partition coefficient (Wildman–Crippen LogP) is 0.595. The second-order valence-electron chi connectivity index (χ2n) is 6.04. The lowest BCUT2D eigenvalue weighted by molar-refractivity contribution is -0.135. The molecule has 2 amide bonds. The molecule has 3 heterocycles. The molecule has 1 aromatic heterocycles. The average molecular weight is 372 g/mol. The maximum atomic E-state index is 12.8. The van der Waals surface area contributed by atoms with Gasteiger partial charge in [-0.15, -0.1) is 0 Å². The van der Waals surface area contributed by atoms with Crippen molar-refractivity contribution >= 4 is 33.3 Å². The van der Waals surface area contributed by atoms with Crippen molar-refractivity contribution in [3.8, 4) is 0 Å². The summed E-state index contributed by atoms with van der Waals surface area (Å²) < 4.78 is 24.2. The minimum atomic E-state index is -3.29. The van der Waals surface area contributed by atoms with Crippen molar-refractivity contribution in [3.05, 3.63) is 29.0 Å². The van der Waals surface area contributed by atoms with E-state index in [1.54, 1.807) is 16.7 Å². The monoisotopic (exact) mass is 371 g/mol. The number of halogens is 1. The topological polar surface area (TPSA) is 87.7 Å². The van der Waals surface area contributed by atoms with E-state index in [1.165, 1.54) is 18.5 Å². The van der Waals surface area contributed by atoms with Gasteiger partial charge < -0.3 is 9.80 Å². The summed E-state index contributed by atoms with van der Waals surface area (Å²) in [6.07, 6.45) is 3.16. The summed E-state index contributed by atoms with van der Waals surface area (Å²) in [5.41, 5.74) is 0.320. The van der Waals surface area contributed by atoms with Crippen molar-refractivity contribution in [3.63, 3.8) is 0 Å². The number of rotatable bonds is 2. The first-order valence-corrected chi connectivity index (χ1v) is 9.93. The third-order valence-corrected chi connectivity index (χ3v) is 6.42. The third kappa shape index (κ3) is 3.12. The number of amides is 2. The van der Waals surface area contributed by atoms with Crippen LogP contribution in [0.25, 0.3) is 0 Å². The molecule has 0 saturated carbocycles. The van der Waals surface area contributed by atoms with Crippen LogP contribution in [0.2, 0.25) is 5.02 Å². The number of fused-ring (bicyclic) bond motifs is 1. The Morgan fingerprint density at radius 2 is 1.83 bits per heavy atom. The van der Waals surface area contributed by atoms with Gasteiger partial charge in [0, 0.05) is 31.9 Å². The summed E-state index contributed by atoms with van der Waals surface area (Å²) in [4.78, 5) is 32.0. The molecule has 2 atom stereocenters. The molecule has 9 heteroatoms. The third-order valence-electron chi connectivity index (χ3n) is 4.51. The lowest BCUT2D eigenvalue weighted by atomic mass is 10.0. The summed E-state index contributed by atoms with van der Waals surface area (Å²) in [5, 5.41) is 0.344. The highest BCUT2D eigenvalue weighted by atomic mass is 35.5. The van der Waals surface area contributed by atoms with Gasteiger partial charge in [0.05, 0.1) is 34.2 Å². The Kier molecular flexibility index (Phi) is 4.52. The summed E-state index contributed by atoms with van der Waals surface area (Å²) in [5.74, 6) is -0.606. The van der Waals surface area contributed by atoms with Crippen molar-refractivity contribution < 1.29 is 18.0 Å². The van der Waals surface area contributed by atoms with Gasteiger partial charge >= 0.3 is 0 Å². The molecular weight excluding hydrogens is 354 g/mol. The second-order valence-corrected chi connectivity index (χ2v) is 8.63. The van der Waals surface area contributed by atoms with Gasteiger partial charge in [-0.05, 0) is 6.07 Å². The fourth-order valence-electron chi connectivity index (χ4n) is 3.41. The van der Waals surface area contributed by atoms with Gasteiger partial charge in [0.25, 0.3) is 5.91 Å². The molecule has 7 nitrogen and oxygen atoms in total. The van der Waals surface area contributed by atoms with E-state index in [1.807, 2.05) is 0 Å². The standard InChI is InChI=1S/C15H18ClN3O4S/c1-2-14(20)18-3-4-19(13-9-24(22,23)8-12(13)18)15(21)10-5-11(16)7-17-6-10/h5-7,12-13H,2-4,8-9H2,1H3/t12-,13+/m0/s1. The number of aromatic nitrogens is 1. The zero-order valence-electron chi connectivity index (χ0n) is 13.2. The predicted molar refractivity (Wildman–Crippen MR) is 88.5 cm³/mol. The van der Waals surface area contributed by atoms with E-state index >= 15 is 0 Å². The Morgan fingerprint density at radius 3 is 2.46 bits per heavy atom. The SMILES string of the molecule is CCC(=O)N1CCN(C(=O)c2cncc(Cl)c2)[C@@H]2CS(=O)(=O)C[C@@H]21. The smallest absolute Gasteiger partial charge is 0.255 e. The number of sulfone groups is 1. The Hall–Kier alpha value is -1.67. The van der Waals surface area contributed by atoms with Crippen molar-refractivity contribution in [1.82, 2.24) is 14.8 Å². The molecule has 2 aliphatic heterocycles. The number of carbonyl (C=O) groups excluding carboxylic acids is 2. The van der Waals surface area contributed by atoms with Gasteiger partial charge in [-0.3, -0.25) is 14.6 Å². The van der Waals surface area contributed by atoms with Crippen molar-refractivity contribution in [2.24, 2.45) is 0 Å². The molecule has 0 N–H and O–H groups in total. The van der Waals surface area contributed by atoms with Crippen LogP contribution in [-0.2, 0) is 14.6 Å². The van der Waals surface area contributed by atoms with Crippen LogP contribution in [0, 0.1) is 0 Å². The number of piperazine rings is 1. The zero-order valence-corrected chi connectivity index (χ0v) is 14.8. The van der Waals surface area contributed by atoms with Crippen molar-refractivity contribution in [1.29, 1.82) is 0 Å². The quantitative estimate of drug-likeness (QED) is 0.759. The summed E-state index contributed by atoms with van der Waals surface area (Å²) in [7, 11) is -3.29. The van der Waals surface area contributed by atoms with Gasteiger partial charge in [-0.2, -0.15) is 0 Å². The maximum absolute atomic E-state index is 12.8. The number of pyridine rings is 1. The minimum Gasteiger partial charge on any atom is -0.335 e. The van der Waals surface area contributed by atoms with Crippen LogP contribution in [-0.4, -0.2) is 71.7 Å². The minimum absolute atomic E-state index is 0.0846. The summed E-state index contributed by atoms with van der Waals surface area (Å²) in [6, 6.07) is 0.511. The lowest BCUT2D eigenvalue weighted by Crippen LogP contribution is -2.61. The molecule has 2 fully saturated rings. The molecular formula is C15H18ClN3O4S. The van der Waals surface area contributed by atoms with Crippen LogP contribution in [0.4, 0.5) is 0 Å². The fourth-order valence-corrected chi connectivity index (χ4v) is 5.57. The normalized spacial score (nSPS) is 25.4. The van der Waals surface area contributed by atoms with Gasteiger partial charge in [0.15, 0.2) is 9.84 Å². The van der Waals surface area contributed by atoms with Crippen LogP contribution in [0.3, 0.4) is 0 Å². The van der Waals surface area contributed by atoms with Gasteiger partial charge in [0.2, 0.25) is 5.91 Å². The molecule has 0 bridgehead atoms. The number of hydrogen-bond donors (Lipinski definition) is 0. The van der Waals surface area contributed by atoms with E-state index in [4.69, 9.17) is 11.6 Å². The second kappa shape index (κ2) is 6.33. The molecule has 1 aromatic rings. The zero-order chi connectivity index (χ0) is 17.5. The van der Waals surface area contributed by atoms with Gasteiger partial charge in [0.1, 0.15) is 0 Å². The van der Waals surface area contributed by atoms with Crippen LogP contribution in [0.5, 0.6) is 0 Å². The molecule has 0 spiro atoms. The van der Waals surface area contributed by atoms with E-state index < -0.39 is 21.9 Å². The number of nitrogens with zero attached hydrogens (tertiary/aromatic N) is 3. The van der Waals surface area contributed by atoms with Gasteiger partial charge in [-0.25, -0.2) is 8.42 Å². The van der Waals surface area contributed by atoms with E-state index in [2.05, 4.69) is 4.98 Å². The van der Waals surface area contributed by atoms with Crippen molar-refractivity contribution in [2.75, 3.05) is 24.6 Å². The van der Waals surface area contributed by atoms with Crippen LogP contribution >= 0.6 is 11.6 Å². The van der Waals surface area contributed by atoms with E-state index in [-0.39, 0.29) is 23.3 Å². The highest BCUT2D eigenvalue weighted by Gasteiger charge is 2.49. The highest BCUT2D eigenvalue weighted by molar-refractivity contribution is 7.91. The number of carbonyl (C=O) groups is 2. The molecule has 0 aromatic carbocycles. The van der Waals surface area contributed by atoms with Crippen LogP contribution in [0.1, 0.15) is 23.7 Å². The highest BCUT2D eigenvalue weighted by Crippen LogP contribution is 2.28. The molecule has 0 aliphatic carbocycles. The van der Waals surface area contributed by atoms with E-state index in [0.29, 0.717) is 30.1 Å². The van der Waals surface area contributed by atoms with Gasteiger partial charge in [-0.1, -0.05) is 18.5 Å². The Balaban J connectivity index is 1.91. The molecule has 130 valence electrons. The average Bonchev–Trinajstić information content (AvgIpc) is 2.87. The summed E-state index contributed by atoms with van der Waals surface area (Å²) in [6.45, 7) is 2.38.